The molecule has 0 aliphatic carbocycles. The molecule has 9 N–H and O–H groups in total. The lowest BCUT2D eigenvalue weighted by Gasteiger charge is -2.23. The number of alkyl halides is 2. The Balaban J connectivity index is 2.07. The van der Waals surface area contributed by atoms with Gasteiger partial charge in [-0.15, -0.1) is 12.3 Å². The number of rotatable bonds is 21. The number of aliphatic imine (C=N–C) groups is 1. The molecular weight excluding hydrogens is 714 g/mol. The number of terminal acetylenes is 1. The molecule has 20 heteroatoms. The van der Waals surface area contributed by atoms with E-state index in [1.54, 1.807) is 25.1 Å². The van der Waals surface area contributed by atoms with Crippen LogP contribution in [0.3, 0.4) is 0 Å². The van der Waals surface area contributed by atoms with Gasteiger partial charge in [-0.05, 0) is 44.7 Å². The second-order valence-electron chi connectivity index (χ2n) is 12.8. The monoisotopic (exact) mass is 762 g/mol. The molecule has 54 heavy (non-hydrogen) atoms. The fraction of sp³-hybridized carbons (Fsp3) is 0.588. The molecule has 0 unspecified atom stereocenters. The Labute approximate surface area is 311 Å². The van der Waals surface area contributed by atoms with Crippen molar-refractivity contribution in [1.82, 2.24) is 31.1 Å². The van der Waals surface area contributed by atoms with E-state index in [4.69, 9.17) is 27.6 Å². The Morgan fingerprint density at radius 3 is 2.39 bits per heavy atom. The fourth-order valence-corrected chi connectivity index (χ4v) is 5.19. The number of likely N-dealkylation sites (tertiary alicyclic amines) is 1. The summed E-state index contributed by atoms with van der Waals surface area (Å²) >= 11 is 0. The largest absolute Gasteiger partial charge is 0.480 e. The van der Waals surface area contributed by atoms with E-state index in [2.05, 4.69) is 32.2 Å². The fourth-order valence-electron chi connectivity index (χ4n) is 5.19. The van der Waals surface area contributed by atoms with Crippen LogP contribution in [-0.4, -0.2) is 120 Å². The summed E-state index contributed by atoms with van der Waals surface area (Å²) in [5.74, 6) is -5.55. The van der Waals surface area contributed by atoms with Crippen LogP contribution in [0.2, 0.25) is 0 Å². The highest BCUT2D eigenvalue weighted by Crippen LogP contribution is 2.32. The van der Waals surface area contributed by atoms with E-state index in [1.807, 2.05) is 0 Å². The third-order valence-corrected chi connectivity index (χ3v) is 8.20. The van der Waals surface area contributed by atoms with Crippen LogP contribution >= 0.6 is 0 Å². The number of nitrogens with one attached hydrogen (secondary N) is 4. The van der Waals surface area contributed by atoms with Crippen molar-refractivity contribution in [2.45, 2.75) is 94.4 Å². The second-order valence-corrected chi connectivity index (χ2v) is 12.8. The first-order valence-electron chi connectivity index (χ1n) is 17.2. The number of hydrogen-bond donors (Lipinski definition) is 7. The van der Waals surface area contributed by atoms with Crippen LogP contribution in [0.1, 0.15) is 73.9 Å². The second kappa shape index (κ2) is 21.7. The molecule has 1 saturated heterocycles. The van der Waals surface area contributed by atoms with Crippen molar-refractivity contribution in [3.8, 4) is 18.4 Å². The lowest BCUT2D eigenvalue weighted by atomic mass is 10.1. The topological polar surface area (TPSA) is 279 Å². The van der Waals surface area contributed by atoms with Gasteiger partial charge in [0.1, 0.15) is 36.2 Å². The summed E-state index contributed by atoms with van der Waals surface area (Å²) in [5, 5.41) is 28.6. The van der Waals surface area contributed by atoms with Crippen LogP contribution in [0, 0.1) is 23.7 Å². The highest BCUT2D eigenvalue weighted by molar-refractivity contribution is 5.98. The van der Waals surface area contributed by atoms with Gasteiger partial charge in [0.25, 0.3) is 11.8 Å². The number of hydrogen-bond acceptors (Lipinski definition) is 10. The molecule has 0 spiro atoms. The number of amides is 5. The van der Waals surface area contributed by atoms with E-state index >= 15 is 0 Å². The van der Waals surface area contributed by atoms with Gasteiger partial charge in [0, 0.05) is 46.3 Å². The van der Waals surface area contributed by atoms with Crippen molar-refractivity contribution in [3.63, 3.8) is 0 Å². The third-order valence-electron chi connectivity index (χ3n) is 8.20. The molecule has 1 aliphatic heterocycles. The molecule has 1 aliphatic rings. The molecular formula is C34H48F2N10O8. The quantitative estimate of drug-likeness (QED) is 0.0358. The first-order chi connectivity index (χ1) is 25.5. The van der Waals surface area contributed by atoms with Crippen LogP contribution in [0.15, 0.2) is 21.7 Å². The molecule has 1 fully saturated rings. The molecule has 1 aromatic heterocycles. The molecule has 0 bridgehead atoms. The SMILES string of the molecule is C#CC[C@H](NC(=O)[C@H](CCCN=C(N)N(C)C)NC(=O)c1coc(CNC(=O)CCC(=O)N2CC(F)(F)C[C@H]2C#N)c1)C(=O)N[C@@H](CCCCN)C(=O)O. The van der Waals surface area contributed by atoms with Gasteiger partial charge in [-0.2, -0.15) is 5.26 Å². The van der Waals surface area contributed by atoms with Gasteiger partial charge in [-0.3, -0.25) is 29.0 Å². The molecule has 0 saturated carbocycles. The molecule has 2 heterocycles. The molecule has 0 aromatic carbocycles. The number of carboxylic acids is 1. The summed E-state index contributed by atoms with van der Waals surface area (Å²) in [6.45, 7) is -0.569. The van der Waals surface area contributed by atoms with E-state index < -0.39 is 85.0 Å². The number of halogens is 2. The third kappa shape index (κ3) is 14.7. The van der Waals surface area contributed by atoms with Gasteiger partial charge >= 0.3 is 5.97 Å². The summed E-state index contributed by atoms with van der Waals surface area (Å²) in [6.07, 6.45) is 6.10. The maximum atomic E-state index is 13.7. The number of unbranched alkanes of at least 4 members (excludes halogenated alkanes) is 1. The van der Waals surface area contributed by atoms with Gasteiger partial charge in [0.2, 0.25) is 23.6 Å². The summed E-state index contributed by atoms with van der Waals surface area (Å²) in [5.41, 5.74) is 11.3. The van der Waals surface area contributed by atoms with Gasteiger partial charge in [-0.25, -0.2) is 13.6 Å². The van der Waals surface area contributed by atoms with E-state index in [-0.39, 0.29) is 62.5 Å². The average Bonchev–Trinajstić information content (AvgIpc) is 3.73. The number of aliphatic carboxylic acids is 1. The molecule has 0 radical (unpaired) electrons. The van der Waals surface area contributed by atoms with Crippen LogP contribution in [0.4, 0.5) is 8.78 Å². The van der Waals surface area contributed by atoms with E-state index in [9.17, 15) is 42.7 Å². The Kier molecular flexibility index (Phi) is 17.8. The smallest absolute Gasteiger partial charge is 0.326 e. The summed E-state index contributed by atoms with van der Waals surface area (Å²) in [4.78, 5) is 82.8. The summed E-state index contributed by atoms with van der Waals surface area (Å²) < 4.78 is 32.7. The van der Waals surface area contributed by atoms with E-state index in [0.29, 0.717) is 19.4 Å². The highest BCUT2D eigenvalue weighted by atomic mass is 19.3. The zero-order valence-corrected chi connectivity index (χ0v) is 30.2. The molecule has 296 valence electrons. The minimum atomic E-state index is -3.18. The number of nitriles is 1. The van der Waals surface area contributed by atoms with E-state index in [0.717, 1.165) is 11.2 Å². The summed E-state index contributed by atoms with van der Waals surface area (Å²) in [6, 6.07) is -2.11. The number of carboxylic acid groups (broad SMARTS) is 1. The number of nitrogens with zero attached hydrogens (tertiary/aromatic N) is 4. The van der Waals surface area contributed by atoms with Crippen molar-refractivity contribution in [2.24, 2.45) is 16.5 Å². The minimum Gasteiger partial charge on any atom is -0.480 e. The minimum absolute atomic E-state index is 0.0284. The Hall–Kier alpha value is -5.76. The maximum Gasteiger partial charge on any atom is 0.326 e. The van der Waals surface area contributed by atoms with Crippen molar-refractivity contribution in [2.75, 3.05) is 33.7 Å². The highest BCUT2D eigenvalue weighted by Gasteiger charge is 2.47. The lowest BCUT2D eigenvalue weighted by Crippen LogP contribution is -2.55. The van der Waals surface area contributed by atoms with Crippen LogP contribution in [0.5, 0.6) is 0 Å². The Bertz CT molecular complexity index is 1600. The van der Waals surface area contributed by atoms with Crippen LogP contribution in [0.25, 0.3) is 0 Å². The average molecular weight is 763 g/mol. The van der Waals surface area contributed by atoms with Crippen molar-refractivity contribution in [1.29, 1.82) is 5.26 Å². The maximum absolute atomic E-state index is 13.7. The first kappa shape index (κ1) is 44.4. The Morgan fingerprint density at radius 1 is 1.09 bits per heavy atom. The number of guanidine groups is 1. The van der Waals surface area contributed by atoms with E-state index in [1.165, 1.54) is 6.07 Å². The van der Waals surface area contributed by atoms with Gasteiger partial charge in [0.05, 0.1) is 24.7 Å². The molecule has 1 aromatic rings. The first-order valence-corrected chi connectivity index (χ1v) is 17.2. The molecule has 4 atom stereocenters. The zero-order chi connectivity index (χ0) is 40.4. The zero-order valence-electron chi connectivity index (χ0n) is 30.2. The Morgan fingerprint density at radius 2 is 1.76 bits per heavy atom. The summed E-state index contributed by atoms with van der Waals surface area (Å²) in [7, 11) is 3.38. The predicted octanol–water partition coefficient (Wildman–Crippen LogP) is -0.603. The van der Waals surface area contributed by atoms with Crippen LogP contribution < -0.4 is 32.7 Å². The van der Waals surface area contributed by atoms with Gasteiger partial charge in [-0.1, -0.05) is 0 Å². The number of furan rings is 1. The number of nitrogens with two attached hydrogens (primary N) is 2. The standard InChI is InChI=1S/C34H48F2N10O8/c1-4-8-24(30(50)44-26(32(52)53)9-5-6-13-37)43-31(51)25(10-7-14-40-33(39)45(2)3)42-29(49)21-15-23(54-19-21)18-41-27(47)11-12-28(48)46-20-34(35,36)16-22(46)17-38/h1,15,19,22,24-26H,5-14,16,18,20,37H2,2-3H3,(H2,39,40)(H,41,47)(H,42,49)(H,43,51)(H,44,50)(H,52,53)/t22-,24-,25-,26-/m0/s1. The number of carbonyl (C=O) groups excluding carboxylic acids is 5. The molecule has 5 amide bonds. The van der Waals surface area contributed by atoms with Crippen molar-refractivity contribution in [3.05, 3.63) is 23.7 Å². The van der Waals surface area contributed by atoms with Crippen molar-refractivity contribution < 1.29 is 47.1 Å². The molecule has 2 rings (SSSR count). The van der Waals surface area contributed by atoms with Crippen LogP contribution in [-0.2, 0) is 30.5 Å². The van der Waals surface area contributed by atoms with Crippen molar-refractivity contribution >= 4 is 41.5 Å². The van der Waals surface area contributed by atoms with Gasteiger partial charge in [0.15, 0.2) is 5.96 Å². The van der Waals surface area contributed by atoms with Gasteiger partial charge < -0.3 is 52.1 Å². The molecule has 18 nitrogen and oxygen atoms in total. The normalized spacial score (nSPS) is 16.5. The predicted molar refractivity (Wildman–Crippen MR) is 189 cm³/mol. The lowest BCUT2D eigenvalue weighted by molar-refractivity contribution is -0.142. The number of carbonyl (C=O) groups is 6.